The lowest BCUT2D eigenvalue weighted by Crippen LogP contribution is -2.33. The second-order valence-electron chi connectivity index (χ2n) is 5.88. The van der Waals surface area contributed by atoms with Gasteiger partial charge in [-0.15, -0.1) is 0 Å². The molecule has 3 rings (SSSR count). The van der Waals surface area contributed by atoms with Crippen molar-refractivity contribution in [2.75, 3.05) is 19.6 Å². The predicted molar refractivity (Wildman–Crippen MR) is 85.0 cm³/mol. The van der Waals surface area contributed by atoms with Crippen LogP contribution in [0.15, 0.2) is 42.6 Å². The third kappa shape index (κ3) is 4.16. The van der Waals surface area contributed by atoms with Crippen molar-refractivity contribution >= 4 is 0 Å². The van der Waals surface area contributed by atoms with Gasteiger partial charge < -0.3 is 10.2 Å². The smallest absolute Gasteiger partial charge is 0.0762 e. The Hall–Kier alpha value is -1.65. The predicted octanol–water partition coefficient (Wildman–Crippen LogP) is 1.83. The van der Waals surface area contributed by atoms with E-state index in [2.05, 4.69) is 51.7 Å². The summed E-state index contributed by atoms with van der Waals surface area (Å²) in [6.45, 7) is 4.39. The third-order valence-electron chi connectivity index (χ3n) is 4.17. The quantitative estimate of drug-likeness (QED) is 0.878. The Bertz CT molecular complexity index is 549. The molecule has 0 saturated carbocycles. The SMILES string of the molecule is Cn1ccc(CNC2CCN(CCc3ccccc3)C2)n1. The van der Waals surface area contributed by atoms with E-state index in [1.54, 1.807) is 0 Å². The van der Waals surface area contributed by atoms with Crippen LogP contribution in [0.2, 0.25) is 0 Å². The highest BCUT2D eigenvalue weighted by molar-refractivity contribution is 5.15. The first-order chi connectivity index (χ1) is 10.3. The van der Waals surface area contributed by atoms with Crippen LogP contribution in [0, 0.1) is 0 Å². The molecule has 0 radical (unpaired) electrons. The fourth-order valence-electron chi connectivity index (χ4n) is 2.94. The lowest BCUT2D eigenvalue weighted by atomic mass is 10.1. The largest absolute Gasteiger partial charge is 0.307 e. The Morgan fingerprint density at radius 2 is 2.10 bits per heavy atom. The molecule has 1 atom stereocenters. The van der Waals surface area contributed by atoms with Gasteiger partial charge in [0.25, 0.3) is 0 Å². The molecule has 0 aliphatic carbocycles. The highest BCUT2D eigenvalue weighted by Gasteiger charge is 2.21. The van der Waals surface area contributed by atoms with E-state index < -0.39 is 0 Å². The Balaban J connectivity index is 1.39. The van der Waals surface area contributed by atoms with Gasteiger partial charge in [-0.1, -0.05) is 30.3 Å². The van der Waals surface area contributed by atoms with Crippen molar-refractivity contribution in [1.29, 1.82) is 0 Å². The van der Waals surface area contributed by atoms with Gasteiger partial charge >= 0.3 is 0 Å². The van der Waals surface area contributed by atoms with Gasteiger partial charge in [-0.05, 0) is 31.0 Å². The van der Waals surface area contributed by atoms with Gasteiger partial charge in [-0.2, -0.15) is 5.10 Å². The summed E-state index contributed by atoms with van der Waals surface area (Å²) in [5, 5.41) is 8.03. The number of hydrogen-bond acceptors (Lipinski definition) is 3. The molecule has 1 N–H and O–H groups in total. The fraction of sp³-hybridized carbons (Fsp3) is 0.471. The lowest BCUT2D eigenvalue weighted by molar-refractivity contribution is 0.331. The normalized spacial score (nSPS) is 19.2. The second kappa shape index (κ2) is 6.87. The van der Waals surface area contributed by atoms with Crippen LogP contribution in [-0.4, -0.2) is 40.4 Å². The molecule has 112 valence electrons. The van der Waals surface area contributed by atoms with Crippen LogP contribution >= 0.6 is 0 Å². The standard InChI is InChI=1S/C17H24N4/c1-20-10-8-16(19-20)13-18-17-9-12-21(14-17)11-7-15-5-3-2-4-6-15/h2-6,8,10,17-18H,7,9,11-14H2,1H3. The summed E-state index contributed by atoms with van der Waals surface area (Å²) < 4.78 is 1.86. The first-order valence-electron chi connectivity index (χ1n) is 7.78. The minimum atomic E-state index is 0.600. The summed E-state index contributed by atoms with van der Waals surface area (Å²) in [6.07, 6.45) is 4.38. The summed E-state index contributed by atoms with van der Waals surface area (Å²) in [4.78, 5) is 2.56. The van der Waals surface area contributed by atoms with Gasteiger partial charge in [0.2, 0.25) is 0 Å². The Morgan fingerprint density at radius 1 is 1.24 bits per heavy atom. The van der Waals surface area contributed by atoms with E-state index in [0.29, 0.717) is 6.04 Å². The number of nitrogens with zero attached hydrogens (tertiary/aromatic N) is 3. The zero-order valence-electron chi connectivity index (χ0n) is 12.7. The van der Waals surface area contributed by atoms with Crippen molar-refractivity contribution in [3.8, 4) is 0 Å². The number of aromatic nitrogens is 2. The molecular formula is C17H24N4. The summed E-state index contributed by atoms with van der Waals surface area (Å²) in [5.74, 6) is 0. The van der Waals surface area contributed by atoms with Gasteiger partial charge in [0.05, 0.1) is 5.69 Å². The molecule has 0 spiro atoms. The van der Waals surface area contributed by atoms with E-state index in [1.165, 1.54) is 18.5 Å². The van der Waals surface area contributed by atoms with E-state index in [0.717, 1.165) is 31.7 Å². The van der Waals surface area contributed by atoms with Gasteiger partial charge in [0, 0.05) is 38.9 Å². The average Bonchev–Trinajstić information content (AvgIpc) is 3.13. The minimum absolute atomic E-state index is 0.600. The fourth-order valence-corrected chi connectivity index (χ4v) is 2.94. The second-order valence-corrected chi connectivity index (χ2v) is 5.88. The van der Waals surface area contributed by atoms with E-state index in [9.17, 15) is 0 Å². The molecule has 1 aliphatic rings. The van der Waals surface area contributed by atoms with Crippen molar-refractivity contribution in [1.82, 2.24) is 20.0 Å². The van der Waals surface area contributed by atoms with Crippen molar-refractivity contribution in [3.05, 3.63) is 53.9 Å². The molecular weight excluding hydrogens is 260 g/mol. The maximum atomic E-state index is 4.41. The van der Waals surface area contributed by atoms with E-state index in [4.69, 9.17) is 0 Å². The number of benzene rings is 1. The molecule has 2 heterocycles. The van der Waals surface area contributed by atoms with Gasteiger partial charge in [0.1, 0.15) is 0 Å². The first kappa shape index (κ1) is 14.3. The van der Waals surface area contributed by atoms with Crippen molar-refractivity contribution < 1.29 is 0 Å². The first-order valence-corrected chi connectivity index (χ1v) is 7.78. The molecule has 4 nitrogen and oxygen atoms in total. The third-order valence-corrected chi connectivity index (χ3v) is 4.17. The van der Waals surface area contributed by atoms with E-state index in [-0.39, 0.29) is 0 Å². The molecule has 21 heavy (non-hydrogen) atoms. The molecule has 1 aromatic carbocycles. The minimum Gasteiger partial charge on any atom is -0.307 e. The average molecular weight is 284 g/mol. The Kier molecular flexibility index (Phi) is 4.68. The van der Waals surface area contributed by atoms with Gasteiger partial charge in [-0.3, -0.25) is 4.68 Å². The molecule has 4 heteroatoms. The monoisotopic (exact) mass is 284 g/mol. The zero-order chi connectivity index (χ0) is 14.5. The summed E-state index contributed by atoms with van der Waals surface area (Å²) >= 11 is 0. The number of likely N-dealkylation sites (tertiary alicyclic amines) is 1. The number of hydrogen-bond donors (Lipinski definition) is 1. The molecule has 1 fully saturated rings. The van der Waals surface area contributed by atoms with Crippen molar-refractivity contribution in [2.45, 2.75) is 25.4 Å². The van der Waals surface area contributed by atoms with Crippen LogP contribution in [0.3, 0.4) is 0 Å². The maximum Gasteiger partial charge on any atom is 0.0762 e. The van der Waals surface area contributed by atoms with E-state index in [1.807, 2.05) is 17.9 Å². The summed E-state index contributed by atoms with van der Waals surface area (Å²) in [6, 6.07) is 13.4. The van der Waals surface area contributed by atoms with Crippen LogP contribution in [0.4, 0.5) is 0 Å². The molecule has 2 aromatic rings. The summed E-state index contributed by atoms with van der Waals surface area (Å²) in [7, 11) is 1.96. The summed E-state index contributed by atoms with van der Waals surface area (Å²) in [5.41, 5.74) is 2.56. The van der Waals surface area contributed by atoms with Crippen LogP contribution < -0.4 is 5.32 Å². The molecule has 0 amide bonds. The molecule has 1 unspecified atom stereocenters. The number of aryl methyl sites for hydroxylation is 1. The van der Waals surface area contributed by atoms with Crippen molar-refractivity contribution in [2.24, 2.45) is 7.05 Å². The number of rotatable bonds is 6. The van der Waals surface area contributed by atoms with Gasteiger partial charge in [-0.25, -0.2) is 0 Å². The molecule has 1 saturated heterocycles. The molecule has 0 bridgehead atoms. The van der Waals surface area contributed by atoms with E-state index >= 15 is 0 Å². The van der Waals surface area contributed by atoms with Crippen LogP contribution in [0.25, 0.3) is 0 Å². The maximum absolute atomic E-state index is 4.41. The topological polar surface area (TPSA) is 33.1 Å². The lowest BCUT2D eigenvalue weighted by Gasteiger charge is -2.16. The highest BCUT2D eigenvalue weighted by atomic mass is 15.3. The molecule has 1 aromatic heterocycles. The Labute approximate surface area is 126 Å². The van der Waals surface area contributed by atoms with Crippen molar-refractivity contribution in [3.63, 3.8) is 0 Å². The number of nitrogens with one attached hydrogen (secondary N) is 1. The van der Waals surface area contributed by atoms with Crippen LogP contribution in [0.1, 0.15) is 17.7 Å². The zero-order valence-corrected chi connectivity index (χ0v) is 12.7. The van der Waals surface area contributed by atoms with Gasteiger partial charge in [0.15, 0.2) is 0 Å². The highest BCUT2D eigenvalue weighted by Crippen LogP contribution is 2.11. The molecule has 1 aliphatic heterocycles. The Morgan fingerprint density at radius 3 is 2.86 bits per heavy atom. The van der Waals surface area contributed by atoms with Crippen LogP contribution in [-0.2, 0) is 20.0 Å². The van der Waals surface area contributed by atoms with Crippen LogP contribution in [0.5, 0.6) is 0 Å².